The van der Waals surface area contributed by atoms with E-state index in [1.54, 1.807) is 6.08 Å². The molecule has 0 aliphatic heterocycles. The molecule has 0 unspecified atom stereocenters. The standard InChI is InChI=1S/C19H26O/c1-3-5-16-6-10-18(11-7-16)19-12-8-17(9-13-19)15-20-14-4-2/h3-4,8-9,12-13,16,18H,1-2,5-7,10-11,14-15H2. The summed E-state index contributed by atoms with van der Waals surface area (Å²) in [4.78, 5) is 0. The van der Waals surface area contributed by atoms with E-state index in [2.05, 4.69) is 43.5 Å². The second-order valence-electron chi connectivity index (χ2n) is 5.79. The molecule has 108 valence electrons. The monoisotopic (exact) mass is 270 g/mol. The quantitative estimate of drug-likeness (QED) is 0.486. The van der Waals surface area contributed by atoms with E-state index in [4.69, 9.17) is 4.74 Å². The van der Waals surface area contributed by atoms with Crippen LogP contribution < -0.4 is 0 Å². The van der Waals surface area contributed by atoms with Gasteiger partial charge in [0, 0.05) is 0 Å². The Bertz CT molecular complexity index is 410. The fourth-order valence-electron chi connectivity index (χ4n) is 3.11. The van der Waals surface area contributed by atoms with E-state index in [-0.39, 0.29) is 0 Å². The van der Waals surface area contributed by atoms with Gasteiger partial charge >= 0.3 is 0 Å². The molecule has 1 aromatic carbocycles. The first-order valence-electron chi connectivity index (χ1n) is 7.72. The Hall–Kier alpha value is -1.34. The summed E-state index contributed by atoms with van der Waals surface area (Å²) in [6.07, 6.45) is 10.4. The third-order valence-corrected chi connectivity index (χ3v) is 4.30. The number of allylic oxidation sites excluding steroid dienone is 1. The van der Waals surface area contributed by atoms with Gasteiger partial charge in [0.2, 0.25) is 0 Å². The molecule has 1 aliphatic carbocycles. The van der Waals surface area contributed by atoms with E-state index in [9.17, 15) is 0 Å². The molecule has 1 fully saturated rings. The van der Waals surface area contributed by atoms with Crippen molar-refractivity contribution in [1.29, 1.82) is 0 Å². The number of benzene rings is 1. The lowest BCUT2D eigenvalue weighted by Crippen LogP contribution is -2.12. The van der Waals surface area contributed by atoms with Gasteiger partial charge < -0.3 is 4.74 Å². The Balaban J connectivity index is 1.84. The average molecular weight is 270 g/mol. The van der Waals surface area contributed by atoms with E-state index in [1.807, 2.05) is 0 Å². The number of hydrogen-bond donors (Lipinski definition) is 0. The van der Waals surface area contributed by atoms with E-state index in [1.165, 1.54) is 43.2 Å². The van der Waals surface area contributed by atoms with E-state index in [0.29, 0.717) is 13.2 Å². The molecule has 0 aromatic heterocycles. The van der Waals surface area contributed by atoms with Gasteiger partial charge in [-0.25, -0.2) is 0 Å². The summed E-state index contributed by atoms with van der Waals surface area (Å²) in [7, 11) is 0. The summed E-state index contributed by atoms with van der Waals surface area (Å²) < 4.78 is 5.47. The topological polar surface area (TPSA) is 9.23 Å². The van der Waals surface area contributed by atoms with Crippen LogP contribution in [-0.4, -0.2) is 6.61 Å². The Labute approximate surface area is 123 Å². The van der Waals surface area contributed by atoms with Gasteiger partial charge in [-0.2, -0.15) is 0 Å². The van der Waals surface area contributed by atoms with Crippen LogP contribution in [-0.2, 0) is 11.3 Å². The highest BCUT2D eigenvalue weighted by molar-refractivity contribution is 5.25. The highest BCUT2D eigenvalue weighted by atomic mass is 16.5. The lowest BCUT2D eigenvalue weighted by molar-refractivity contribution is 0.149. The molecule has 0 spiro atoms. The molecule has 0 atom stereocenters. The minimum Gasteiger partial charge on any atom is -0.373 e. The van der Waals surface area contributed by atoms with Crippen molar-refractivity contribution in [2.75, 3.05) is 6.61 Å². The zero-order chi connectivity index (χ0) is 14.2. The fourth-order valence-corrected chi connectivity index (χ4v) is 3.11. The predicted octanol–water partition coefficient (Wildman–Crippen LogP) is 5.24. The van der Waals surface area contributed by atoms with Crippen molar-refractivity contribution in [2.24, 2.45) is 5.92 Å². The first-order chi connectivity index (χ1) is 9.83. The summed E-state index contributed by atoms with van der Waals surface area (Å²) in [5, 5.41) is 0. The number of hydrogen-bond acceptors (Lipinski definition) is 1. The van der Waals surface area contributed by atoms with Crippen LogP contribution in [0.4, 0.5) is 0 Å². The molecule has 2 rings (SSSR count). The van der Waals surface area contributed by atoms with E-state index < -0.39 is 0 Å². The Morgan fingerprint density at radius 1 is 1.00 bits per heavy atom. The Kier molecular flexibility index (Phi) is 6.07. The van der Waals surface area contributed by atoms with Crippen molar-refractivity contribution in [3.8, 4) is 0 Å². The third kappa shape index (κ3) is 4.35. The van der Waals surface area contributed by atoms with E-state index >= 15 is 0 Å². The summed E-state index contributed by atoms with van der Waals surface area (Å²) >= 11 is 0. The first-order valence-corrected chi connectivity index (χ1v) is 7.72. The SMILES string of the molecule is C=CCOCc1ccc(C2CCC(CC=C)CC2)cc1. The van der Waals surface area contributed by atoms with E-state index in [0.717, 1.165) is 11.8 Å². The molecule has 1 saturated carbocycles. The predicted molar refractivity (Wildman–Crippen MR) is 85.8 cm³/mol. The molecule has 1 aliphatic rings. The molecule has 1 aromatic rings. The summed E-state index contributed by atoms with van der Waals surface area (Å²) in [5.41, 5.74) is 2.74. The largest absolute Gasteiger partial charge is 0.373 e. The highest BCUT2D eigenvalue weighted by Gasteiger charge is 2.21. The molecule has 0 bridgehead atoms. The van der Waals surface area contributed by atoms with Crippen LogP contribution in [0.5, 0.6) is 0 Å². The molecule has 0 N–H and O–H groups in total. The van der Waals surface area contributed by atoms with Gasteiger partial charge in [-0.3, -0.25) is 0 Å². The number of ether oxygens (including phenoxy) is 1. The first kappa shape index (κ1) is 15.1. The van der Waals surface area contributed by atoms with Crippen molar-refractivity contribution in [3.63, 3.8) is 0 Å². The minimum atomic E-state index is 0.620. The second kappa shape index (κ2) is 8.06. The van der Waals surface area contributed by atoms with Gasteiger partial charge in [-0.15, -0.1) is 13.2 Å². The Morgan fingerprint density at radius 2 is 1.70 bits per heavy atom. The molecule has 0 amide bonds. The maximum Gasteiger partial charge on any atom is 0.0721 e. The lowest BCUT2D eigenvalue weighted by atomic mass is 9.77. The van der Waals surface area contributed by atoms with Crippen molar-refractivity contribution in [1.82, 2.24) is 0 Å². The molecular weight excluding hydrogens is 244 g/mol. The maximum atomic E-state index is 5.47. The zero-order valence-electron chi connectivity index (χ0n) is 12.4. The summed E-state index contributed by atoms with van der Waals surface area (Å²) in [6, 6.07) is 8.97. The average Bonchev–Trinajstić information content (AvgIpc) is 2.49. The molecule has 0 heterocycles. The van der Waals surface area contributed by atoms with Crippen LogP contribution in [0.1, 0.15) is 49.1 Å². The van der Waals surface area contributed by atoms with Crippen LogP contribution in [0.15, 0.2) is 49.6 Å². The van der Waals surface area contributed by atoms with Crippen molar-refractivity contribution >= 4 is 0 Å². The van der Waals surface area contributed by atoms with Crippen LogP contribution in [0.2, 0.25) is 0 Å². The molecule has 1 heteroatoms. The van der Waals surface area contributed by atoms with Gasteiger partial charge in [0.25, 0.3) is 0 Å². The summed E-state index contributed by atoms with van der Waals surface area (Å²) in [6.45, 7) is 8.81. The minimum absolute atomic E-state index is 0.620. The molecular formula is C19H26O. The second-order valence-corrected chi connectivity index (χ2v) is 5.79. The van der Waals surface area contributed by atoms with Crippen molar-refractivity contribution in [3.05, 3.63) is 60.7 Å². The zero-order valence-corrected chi connectivity index (χ0v) is 12.4. The van der Waals surface area contributed by atoms with Gasteiger partial charge in [0.15, 0.2) is 0 Å². The highest BCUT2D eigenvalue weighted by Crippen LogP contribution is 2.37. The summed E-state index contributed by atoms with van der Waals surface area (Å²) in [5.74, 6) is 1.62. The molecule has 1 nitrogen and oxygen atoms in total. The molecule has 20 heavy (non-hydrogen) atoms. The van der Waals surface area contributed by atoms with Crippen LogP contribution >= 0.6 is 0 Å². The lowest BCUT2D eigenvalue weighted by Gasteiger charge is -2.28. The van der Waals surface area contributed by atoms with Crippen LogP contribution in [0.3, 0.4) is 0 Å². The molecule has 0 saturated heterocycles. The third-order valence-electron chi connectivity index (χ3n) is 4.30. The van der Waals surface area contributed by atoms with Gasteiger partial charge in [-0.1, -0.05) is 36.4 Å². The van der Waals surface area contributed by atoms with Crippen molar-refractivity contribution in [2.45, 2.75) is 44.6 Å². The Morgan fingerprint density at radius 3 is 2.30 bits per heavy atom. The van der Waals surface area contributed by atoms with Gasteiger partial charge in [0.05, 0.1) is 13.2 Å². The number of rotatable bonds is 7. The van der Waals surface area contributed by atoms with Crippen LogP contribution in [0.25, 0.3) is 0 Å². The normalized spacial score (nSPS) is 22.4. The van der Waals surface area contributed by atoms with Crippen LogP contribution in [0, 0.1) is 5.92 Å². The van der Waals surface area contributed by atoms with Gasteiger partial charge in [0.1, 0.15) is 0 Å². The molecule has 0 radical (unpaired) electrons. The maximum absolute atomic E-state index is 5.47. The van der Waals surface area contributed by atoms with Gasteiger partial charge in [-0.05, 0) is 55.1 Å². The fraction of sp³-hybridized carbons (Fsp3) is 0.474. The smallest absolute Gasteiger partial charge is 0.0721 e. The van der Waals surface area contributed by atoms with Crippen molar-refractivity contribution < 1.29 is 4.74 Å².